The van der Waals surface area contributed by atoms with Gasteiger partial charge in [-0.1, -0.05) is 74.7 Å². The maximum absolute atomic E-state index is 13.9. The van der Waals surface area contributed by atoms with Crippen LogP contribution in [0.4, 0.5) is 0 Å². The van der Waals surface area contributed by atoms with E-state index in [-0.39, 0.29) is 82.4 Å². The molecular formula is C41H71ClIN3O5. The quantitative estimate of drug-likeness (QED) is 0.168. The first kappa shape index (κ1) is 43.4. The van der Waals surface area contributed by atoms with E-state index in [2.05, 4.69) is 33.0 Å². The lowest BCUT2D eigenvalue weighted by atomic mass is 9.73. The lowest BCUT2D eigenvalue weighted by Gasteiger charge is -2.34. The fourth-order valence-corrected chi connectivity index (χ4v) is 12.5. The van der Waals surface area contributed by atoms with Gasteiger partial charge in [0, 0.05) is 37.4 Å². The minimum absolute atomic E-state index is 0. The average molecular weight is 848 g/mol. The highest BCUT2D eigenvalue weighted by Crippen LogP contribution is 2.89. The van der Waals surface area contributed by atoms with Gasteiger partial charge in [0.15, 0.2) is 11.6 Å². The second-order valence-electron chi connectivity index (χ2n) is 20.1. The first-order chi connectivity index (χ1) is 22.8. The van der Waals surface area contributed by atoms with Crippen molar-refractivity contribution in [1.82, 2.24) is 10.2 Å². The molecule has 0 aromatic rings. The Kier molecular flexibility index (Phi) is 12.5. The van der Waals surface area contributed by atoms with Crippen molar-refractivity contribution in [1.29, 1.82) is 0 Å². The number of likely N-dealkylation sites (tertiary alicyclic amines) is 1. The third kappa shape index (κ3) is 6.41. The molecule has 7 aliphatic rings. The molecule has 1 amide bonds. The van der Waals surface area contributed by atoms with E-state index in [9.17, 15) is 24.6 Å². The summed E-state index contributed by atoms with van der Waals surface area (Å²) in [5, 5.41) is 23.6. The van der Waals surface area contributed by atoms with Crippen LogP contribution in [0.2, 0.25) is 0 Å². The molecule has 8 nitrogen and oxygen atoms in total. The van der Waals surface area contributed by atoms with Crippen LogP contribution >= 0.6 is 36.4 Å². The summed E-state index contributed by atoms with van der Waals surface area (Å²) < 4.78 is 0. The number of ketones is 2. The SMILES string of the molecule is CC1(C)C2(CCC2)[C@]12CN[C@H](CO)C2.CCC[C@H](CC(=O)[C@@H]1C[C@@]2(CN1C(=O)[C@@H](N)C(C)(C)C)C(C)(C)C21CCC1)C(O)C(=O)CC1CC1.Cl.I. The second kappa shape index (κ2) is 14.6. The van der Waals surface area contributed by atoms with Gasteiger partial charge in [-0.15, -0.1) is 36.4 Å². The smallest absolute Gasteiger partial charge is 0.240 e. The molecule has 0 aromatic carbocycles. The van der Waals surface area contributed by atoms with Crippen molar-refractivity contribution in [3.63, 3.8) is 0 Å². The summed E-state index contributed by atoms with van der Waals surface area (Å²) in [6, 6.07) is -0.821. The number of aliphatic hydroxyl groups excluding tert-OH is 2. The van der Waals surface area contributed by atoms with E-state index >= 15 is 0 Å². The predicted octanol–water partition coefficient (Wildman–Crippen LogP) is 6.84. The molecule has 2 saturated heterocycles. The monoisotopic (exact) mass is 847 g/mol. The molecule has 5 N–H and O–H groups in total. The van der Waals surface area contributed by atoms with Crippen LogP contribution in [-0.4, -0.2) is 76.5 Å². The summed E-state index contributed by atoms with van der Waals surface area (Å²) in [5.41, 5.74) is 8.02. The Bertz CT molecular complexity index is 1320. The minimum Gasteiger partial charge on any atom is -0.395 e. The Morgan fingerprint density at radius 1 is 0.922 bits per heavy atom. The molecule has 0 radical (unpaired) electrons. The molecule has 2 aliphatic heterocycles. The fourth-order valence-electron chi connectivity index (χ4n) is 12.5. The van der Waals surface area contributed by atoms with Gasteiger partial charge < -0.3 is 26.2 Å². The van der Waals surface area contributed by atoms with Crippen molar-refractivity contribution in [2.45, 2.75) is 170 Å². The molecule has 0 bridgehead atoms. The van der Waals surface area contributed by atoms with Crippen LogP contribution in [0, 0.1) is 49.7 Å². The minimum atomic E-state index is -1.09. The Balaban J connectivity index is 0.000000303. The highest BCUT2D eigenvalue weighted by molar-refractivity contribution is 14.0. The Morgan fingerprint density at radius 3 is 1.88 bits per heavy atom. The van der Waals surface area contributed by atoms with Crippen molar-refractivity contribution in [2.24, 2.45) is 55.5 Å². The van der Waals surface area contributed by atoms with Crippen molar-refractivity contribution in [3.8, 4) is 0 Å². The fraction of sp³-hybridized carbons (Fsp3) is 0.927. The molecule has 5 saturated carbocycles. The lowest BCUT2D eigenvalue weighted by molar-refractivity contribution is -0.141. The zero-order valence-corrected chi connectivity index (χ0v) is 36.1. The van der Waals surface area contributed by atoms with Crippen LogP contribution in [0.15, 0.2) is 0 Å². The van der Waals surface area contributed by atoms with Crippen molar-refractivity contribution in [3.05, 3.63) is 0 Å². The number of rotatable bonds is 11. The molecule has 1 unspecified atom stereocenters. The molecule has 7 atom stereocenters. The van der Waals surface area contributed by atoms with E-state index in [0.29, 0.717) is 60.6 Å². The molecule has 4 spiro atoms. The predicted molar refractivity (Wildman–Crippen MR) is 215 cm³/mol. The average Bonchev–Trinajstić information content (AvgIpc) is 3.80. The molecule has 0 aromatic heterocycles. The van der Waals surface area contributed by atoms with Crippen LogP contribution in [0.5, 0.6) is 0 Å². The highest BCUT2D eigenvalue weighted by atomic mass is 127. The summed E-state index contributed by atoms with van der Waals surface area (Å²) in [4.78, 5) is 42.0. The van der Waals surface area contributed by atoms with Crippen LogP contribution in [0.3, 0.4) is 0 Å². The van der Waals surface area contributed by atoms with Gasteiger partial charge in [-0.2, -0.15) is 0 Å². The van der Waals surface area contributed by atoms with E-state index in [1.54, 1.807) is 4.90 Å². The number of aliphatic hydroxyl groups is 2. The Hall–Kier alpha value is -0.330. The Morgan fingerprint density at radius 2 is 1.47 bits per heavy atom. The standard InChI is InChI=1S/C29H48N2O4.C12H21NO.ClH.HI/c1-7-9-19(23(34)22(33)14-18-10-11-18)15-21(32)20-16-29(27(5,6)28(29)12-8-13-28)17-31(20)25(35)24(30)26(2,3)4;1-10(2)11(4-3-5-11)12(10)6-9(7-14)13-8-12;;/h18-20,23-24,34H,7-17,30H2,1-6H3;9,13-14H,3-8H2,1-2H3;2*1H/t19-,20+,23?,24-,29-;9-,12+;;/m10../s1. The zero-order valence-electron chi connectivity index (χ0n) is 32.9. The number of carbonyl (C=O) groups excluding carboxylic acids is 3. The molecule has 294 valence electrons. The number of hydrogen-bond donors (Lipinski definition) is 4. The number of nitrogens with one attached hydrogen (secondary N) is 1. The van der Waals surface area contributed by atoms with Gasteiger partial charge in [-0.3, -0.25) is 14.4 Å². The summed E-state index contributed by atoms with van der Waals surface area (Å²) in [6.07, 6.45) is 12.8. The number of hydrogen-bond acceptors (Lipinski definition) is 7. The molecule has 10 heteroatoms. The molecule has 7 rings (SSSR count). The van der Waals surface area contributed by atoms with Gasteiger partial charge in [0.1, 0.15) is 6.10 Å². The van der Waals surface area contributed by atoms with E-state index in [1.807, 2.05) is 27.7 Å². The third-order valence-electron chi connectivity index (χ3n) is 16.7. The zero-order chi connectivity index (χ0) is 36.0. The van der Waals surface area contributed by atoms with Gasteiger partial charge in [-0.25, -0.2) is 0 Å². The number of halogens is 2. The van der Waals surface area contributed by atoms with Crippen molar-refractivity contribution in [2.75, 3.05) is 19.7 Å². The van der Waals surface area contributed by atoms with Crippen molar-refractivity contribution >= 4 is 53.9 Å². The van der Waals surface area contributed by atoms with Gasteiger partial charge in [0.2, 0.25) is 5.91 Å². The number of nitrogens with two attached hydrogens (primary N) is 1. The molecular weight excluding hydrogens is 777 g/mol. The van der Waals surface area contributed by atoms with Gasteiger partial charge >= 0.3 is 0 Å². The largest absolute Gasteiger partial charge is 0.395 e. The number of amides is 1. The van der Waals surface area contributed by atoms with Crippen LogP contribution < -0.4 is 11.1 Å². The topological polar surface area (TPSA) is 133 Å². The van der Waals surface area contributed by atoms with Crippen LogP contribution in [0.1, 0.15) is 145 Å². The first-order valence-corrected chi connectivity index (χ1v) is 20.0. The summed E-state index contributed by atoms with van der Waals surface area (Å²) >= 11 is 0. The second-order valence-corrected chi connectivity index (χ2v) is 20.1. The number of fused-ring (bicyclic) bond motifs is 2. The maximum atomic E-state index is 13.9. The number of Topliss-reactive ketones (excluding diaryl/α,β-unsaturated/α-hetero) is 2. The molecule has 2 heterocycles. The highest BCUT2D eigenvalue weighted by Gasteiger charge is 2.85. The van der Waals surface area contributed by atoms with Crippen molar-refractivity contribution < 1.29 is 24.6 Å². The van der Waals surface area contributed by atoms with Crippen LogP contribution in [-0.2, 0) is 14.4 Å². The van der Waals surface area contributed by atoms with Gasteiger partial charge in [0.25, 0.3) is 0 Å². The van der Waals surface area contributed by atoms with Gasteiger partial charge in [0.05, 0.1) is 18.7 Å². The number of carbonyl (C=O) groups is 3. The third-order valence-corrected chi connectivity index (χ3v) is 16.7. The summed E-state index contributed by atoms with van der Waals surface area (Å²) in [7, 11) is 0. The number of nitrogens with zero attached hydrogens (tertiary/aromatic N) is 1. The summed E-state index contributed by atoms with van der Waals surface area (Å²) in [5.74, 6) is -0.241. The Labute approximate surface area is 331 Å². The summed E-state index contributed by atoms with van der Waals surface area (Å²) in [6.45, 7) is 19.5. The molecule has 7 fully saturated rings. The van der Waals surface area contributed by atoms with E-state index in [0.717, 1.165) is 25.8 Å². The first-order valence-electron chi connectivity index (χ1n) is 20.0. The van der Waals surface area contributed by atoms with E-state index < -0.39 is 23.6 Å². The van der Waals surface area contributed by atoms with E-state index in [4.69, 9.17) is 5.73 Å². The normalized spacial score (nSPS) is 34.3. The molecule has 51 heavy (non-hydrogen) atoms. The lowest BCUT2D eigenvalue weighted by Crippen LogP contribution is -2.53. The van der Waals surface area contributed by atoms with E-state index in [1.165, 1.54) is 44.9 Å². The van der Waals surface area contributed by atoms with Gasteiger partial charge in [-0.05, 0) is 102 Å². The maximum Gasteiger partial charge on any atom is 0.240 e. The van der Waals surface area contributed by atoms with Crippen LogP contribution in [0.25, 0.3) is 0 Å². The molecule has 5 aliphatic carbocycles.